The number of hydrogen-bond donors (Lipinski definition) is 1. The number of benzene rings is 1. The molecule has 1 aromatic rings. The van der Waals surface area contributed by atoms with Crippen LogP contribution < -0.4 is 5.73 Å². The van der Waals surface area contributed by atoms with Crippen molar-refractivity contribution in [3.05, 3.63) is 33.8 Å². The Labute approximate surface area is 136 Å². The molecule has 1 amide bonds. The van der Waals surface area contributed by atoms with Gasteiger partial charge in [0.15, 0.2) is 0 Å². The minimum Gasteiger partial charge on any atom is -0.343 e. The first-order valence-electron chi connectivity index (χ1n) is 7.49. The third-order valence-corrected chi connectivity index (χ3v) is 5.36. The summed E-state index contributed by atoms with van der Waals surface area (Å²) in [4.78, 5) is 14.4. The van der Waals surface area contributed by atoms with E-state index >= 15 is 0 Å². The van der Waals surface area contributed by atoms with Gasteiger partial charge in [-0.3, -0.25) is 4.79 Å². The predicted molar refractivity (Wildman–Crippen MR) is 87.5 cm³/mol. The van der Waals surface area contributed by atoms with Crippen LogP contribution in [0.4, 0.5) is 0 Å². The number of carbonyl (C=O) groups excluding carboxylic acids is 1. The zero-order valence-electron chi connectivity index (χ0n) is 12.5. The van der Waals surface area contributed by atoms with E-state index in [1.807, 2.05) is 30.9 Å². The Morgan fingerprint density at radius 2 is 2.00 bits per heavy atom. The maximum atomic E-state index is 12.5. The Morgan fingerprint density at radius 1 is 1.33 bits per heavy atom. The number of carbonyl (C=O) groups is 1. The monoisotopic (exact) mass is 328 g/mol. The Bertz CT molecular complexity index is 517. The topological polar surface area (TPSA) is 46.3 Å². The van der Waals surface area contributed by atoms with Gasteiger partial charge in [0.25, 0.3) is 0 Å². The van der Waals surface area contributed by atoms with Crippen LogP contribution in [0.15, 0.2) is 18.2 Å². The largest absolute Gasteiger partial charge is 0.343 e. The molecule has 0 radical (unpaired) electrons. The Morgan fingerprint density at radius 3 is 2.52 bits per heavy atom. The molecule has 1 aliphatic carbocycles. The van der Waals surface area contributed by atoms with E-state index in [9.17, 15) is 4.79 Å². The van der Waals surface area contributed by atoms with Crippen LogP contribution in [0.25, 0.3) is 0 Å². The molecule has 21 heavy (non-hydrogen) atoms. The van der Waals surface area contributed by atoms with Crippen molar-refractivity contribution in [2.24, 2.45) is 17.6 Å². The van der Waals surface area contributed by atoms with E-state index in [2.05, 4.69) is 0 Å². The van der Waals surface area contributed by atoms with E-state index in [0.717, 1.165) is 31.5 Å². The molecule has 0 aliphatic heterocycles. The lowest BCUT2D eigenvalue weighted by Crippen LogP contribution is -2.46. The van der Waals surface area contributed by atoms with Gasteiger partial charge in [0.05, 0.1) is 10.0 Å². The number of rotatable bonds is 5. The summed E-state index contributed by atoms with van der Waals surface area (Å²) in [5.41, 5.74) is 7.21. The zero-order chi connectivity index (χ0) is 15.6. The van der Waals surface area contributed by atoms with Crippen molar-refractivity contribution in [1.29, 1.82) is 0 Å². The van der Waals surface area contributed by atoms with Gasteiger partial charge < -0.3 is 10.6 Å². The average molecular weight is 329 g/mol. The second-order valence-electron chi connectivity index (χ2n) is 5.53. The summed E-state index contributed by atoms with van der Waals surface area (Å²) < 4.78 is 0. The third-order valence-electron chi connectivity index (χ3n) is 4.52. The summed E-state index contributed by atoms with van der Waals surface area (Å²) in [7, 11) is 0. The molecule has 0 saturated heterocycles. The molecular formula is C16H22Cl2N2O. The Hall–Kier alpha value is -0.770. The van der Waals surface area contributed by atoms with Crippen LogP contribution in [0.1, 0.15) is 38.3 Å². The molecule has 0 heterocycles. The maximum absolute atomic E-state index is 12.5. The second kappa shape index (κ2) is 6.99. The van der Waals surface area contributed by atoms with E-state index in [-0.39, 0.29) is 23.8 Å². The van der Waals surface area contributed by atoms with Crippen LogP contribution in [0, 0.1) is 11.8 Å². The summed E-state index contributed by atoms with van der Waals surface area (Å²) in [5, 5.41) is 1.02. The van der Waals surface area contributed by atoms with Gasteiger partial charge in [0.2, 0.25) is 5.91 Å². The van der Waals surface area contributed by atoms with Crippen molar-refractivity contribution in [1.82, 2.24) is 4.90 Å². The van der Waals surface area contributed by atoms with Crippen molar-refractivity contribution in [2.45, 2.75) is 32.7 Å². The summed E-state index contributed by atoms with van der Waals surface area (Å²) in [5.74, 6) is 0.369. The van der Waals surface area contributed by atoms with Crippen LogP contribution in [-0.2, 0) is 4.79 Å². The Kier molecular flexibility index (Phi) is 5.53. The fraction of sp³-hybridized carbons (Fsp3) is 0.562. The molecule has 2 rings (SSSR count). The van der Waals surface area contributed by atoms with E-state index in [0.29, 0.717) is 10.0 Å². The molecule has 0 spiro atoms. The molecule has 3 nitrogen and oxygen atoms in total. The summed E-state index contributed by atoms with van der Waals surface area (Å²) in [6.45, 7) is 5.49. The SMILES string of the molecule is CCN(CC)C(=O)[C@@H]1CC[C@@H]1C(N)c1cccc(Cl)c1Cl. The summed E-state index contributed by atoms with van der Waals surface area (Å²) in [6.07, 6.45) is 1.87. The van der Waals surface area contributed by atoms with Gasteiger partial charge in [-0.05, 0) is 44.2 Å². The lowest BCUT2D eigenvalue weighted by Gasteiger charge is -2.41. The summed E-state index contributed by atoms with van der Waals surface area (Å²) in [6, 6.07) is 5.26. The molecule has 3 atom stereocenters. The van der Waals surface area contributed by atoms with Crippen LogP contribution in [0.3, 0.4) is 0 Å². The standard InChI is InChI=1S/C16H22Cl2N2O/c1-3-20(4-2)16(21)11-9-8-10(11)15(19)12-6-5-7-13(17)14(12)18/h5-7,10-11,15H,3-4,8-9,19H2,1-2H3/t10-,11+,15?/m0/s1. The van der Waals surface area contributed by atoms with E-state index < -0.39 is 0 Å². The minimum atomic E-state index is -0.241. The van der Waals surface area contributed by atoms with Gasteiger partial charge in [0.1, 0.15) is 0 Å². The van der Waals surface area contributed by atoms with Gasteiger partial charge in [-0.15, -0.1) is 0 Å². The number of amides is 1. The highest BCUT2D eigenvalue weighted by molar-refractivity contribution is 6.42. The van der Waals surface area contributed by atoms with E-state index in [4.69, 9.17) is 28.9 Å². The normalized spacial score (nSPS) is 22.5. The molecule has 1 fully saturated rings. The molecule has 1 saturated carbocycles. The number of hydrogen-bond acceptors (Lipinski definition) is 2. The quantitative estimate of drug-likeness (QED) is 0.891. The van der Waals surface area contributed by atoms with Gasteiger partial charge in [-0.1, -0.05) is 35.3 Å². The molecule has 2 N–H and O–H groups in total. The molecule has 116 valence electrons. The predicted octanol–water partition coefficient (Wildman–Crippen LogP) is 3.89. The third kappa shape index (κ3) is 3.20. The van der Waals surface area contributed by atoms with Crippen molar-refractivity contribution in [3.8, 4) is 0 Å². The first kappa shape index (κ1) is 16.6. The second-order valence-corrected chi connectivity index (χ2v) is 6.31. The highest BCUT2D eigenvalue weighted by atomic mass is 35.5. The van der Waals surface area contributed by atoms with Crippen LogP contribution in [-0.4, -0.2) is 23.9 Å². The van der Waals surface area contributed by atoms with Crippen LogP contribution in [0.2, 0.25) is 10.0 Å². The van der Waals surface area contributed by atoms with Crippen molar-refractivity contribution >= 4 is 29.1 Å². The van der Waals surface area contributed by atoms with E-state index in [1.54, 1.807) is 6.07 Å². The molecule has 0 aromatic heterocycles. The molecular weight excluding hydrogens is 307 g/mol. The zero-order valence-corrected chi connectivity index (χ0v) is 14.0. The molecule has 1 aromatic carbocycles. The molecule has 1 unspecified atom stereocenters. The van der Waals surface area contributed by atoms with Crippen molar-refractivity contribution in [3.63, 3.8) is 0 Å². The number of halogens is 2. The van der Waals surface area contributed by atoms with Gasteiger partial charge in [-0.25, -0.2) is 0 Å². The number of nitrogens with two attached hydrogens (primary N) is 1. The minimum absolute atomic E-state index is 0.00921. The smallest absolute Gasteiger partial charge is 0.226 e. The van der Waals surface area contributed by atoms with Crippen molar-refractivity contribution in [2.75, 3.05) is 13.1 Å². The first-order chi connectivity index (χ1) is 10.0. The fourth-order valence-electron chi connectivity index (χ4n) is 3.04. The molecule has 0 bridgehead atoms. The van der Waals surface area contributed by atoms with Gasteiger partial charge >= 0.3 is 0 Å². The van der Waals surface area contributed by atoms with Gasteiger partial charge in [0, 0.05) is 25.0 Å². The molecule has 5 heteroatoms. The van der Waals surface area contributed by atoms with Gasteiger partial charge in [-0.2, -0.15) is 0 Å². The first-order valence-corrected chi connectivity index (χ1v) is 8.25. The summed E-state index contributed by atoms with van der Waals surface area (Å²) >= 11 is 12.3. The van der Waals surface area contributed by atoms with Crippen LogP contribution in [0.5, 0.6) is 0 Å². The maximum Gasteiger partial charge on any atom is 0.226 e. The highest BCUT2D eigenvalue weighted by Crippen LogP contribution is 2.45. The lowest BCUT2D eigenvalue weighted by molar-refractivity contribution is -0.141. The van der Waals surface area contributed by atoms with E-state index in [1.165, 1.54) is 0 Å². The fourth-order valence-corrected chi connectivity index (χ4v) is 3.47. The lowest BCUT2D eigenvalue weighted by atomic mass is 9.67. The highest BCUT2D eigenvalue weighted by Gasteiger charge is 2.42. The molecule has 1 aliphatic rings. The van der Waals surface area contributed by atoms with Crippen molar-refractivity contribution < 1.29 is 4.79 Å². The van der Waals surface area contributed by atoms with Crippen LogP contribution >= 0.6 is 23.2 Å². The average Bonchev–Trinajstić information content (AvgIpc) is 2.42. The number of nitrogens with zero attached hydrogens (tertiary/aromatic N) is 1. The Balaban J connectivity index is 2.15.